The summed E-state index contributed by atoms with van der Waals surface area (Å²) in [5, 5.41) is 10.3. The first-order valence-corrected chi connectivity index (χ1v) is 8.04. The van der Waals surface area contributed by atoms with Crippen LogP contribution in [0.5, 0.6) is 0 Å². The van der Waals surface area contributed by atoms with Crippen molar-refractivity contribution in [2.24, 2.45) is 11.8 Å². The minimum absolute atomic E-state index is 0.0257. The standard InChI is InChI=1S/C16H19Cl2NO3/c1-9(7-11-3-4-12(17)8-14(11)18)15(20)19-6-5-13(10(19)2)16(21)22/h3-4,8-10,13H,5-7H2,1-2H3,(H,21,22). The van der Waals surface area contributed by atoms with Crippen LogP contribution in [0.15, 0.2) is 18.2 Å². The van der Waals surface area contributed by atoms with Crippen LogP contribution >= 0.6 is 23.2 Å². The molecule has 1 saturated heterocycles. The third-order valence-electron chi connectivity index (χ3n) is 4.32. The summed E-state index contributed by atoms with van der Waals surface area (Å²) in [6.07, 6.45) is 1.02. The number of aliphatic carboxylic acids is 1. The Morgan fingerprint density at radius 3 is 2.64 bits per heavy atom. The fourth-order valence-corrected chi connectivity index (χ4v) is 3.45. The molecule has 0 aromatic heterocycles. The lowest BCUT2D eigenvalue weighted by molar-refractivity contribution is -0.143. The third kappa shape index (κ3) is 3.55. The highest BCUT2D eigenvalue weighted by atomic mass is 35.5. The van der Waals surface area contributed by atoms with Crippen LogP contribution in [-0.4, -0.2) is 34.5 Å². The van der Waals surface area contributed by atoms with Crippen LogP contribution in [-0.2, 0) is 16.0 Å². The van der Waals surface area contributed by atoms with Crippen LogP contribution in [0.25, 0.3) is 0 Å². The number of nitrogens with zero attached hydrogens (tertiary/aromatic N) is 1. The molecule has 22 heavy (non-hydrogen) atoms. The maximum Gasteiger partial charge on any atom is 0.308 e. The first-order chi connectivity index (χ1) is 10.3. The molecule has 1 fully saturated rings. The quantitative estimate of drug-likeness (QED) is 0.910. The van der Waals surface area contributed by atoms with Crippen molar-refractivity contribution < 1.29 is 14.7 Å². The van der Waals surface area contributed by atoms with E-state index in [1.807, 2.05) is 13.0 Å². The van der Waals surface area contributed by atoms with Crippen LogP contribution in [0.4, 0.5) is 0 Å². The van der Waals surface area contributed by atoms with Gasteiger partial charge in [-0.3, -0.25) is 9.59 Å². The summed E-state index contributed by atoms with van der Waals surface area (Å²) in [6, 6.07) is 4.96. The van der Waals surface area contributed by atoms with E-state index in [4.69, 9.17) is 28.3 Å². The predicted octanol–water partition coefficient (Wildman–Crippen LogP) is 3.49. The molecule has 1 heterocycles. The van der Waals surface area contributed by atoms with Gasteiger partial charge in [-0.1, -0.05) is 36.2 Å². The summed E-state index contributed by atoms with van der Waals surface area (Å²) in [4.78, 5) is 25.4. The molecule has 3 atom stereocenters. The van der Waals surface area contributed by atoms with E-state index in [0.717, 1.165) is 5.56 Å². The number of amides is 1. The number of hydrogen-bond donors (Lipinski definition) is 1. The van der Waals surface area contributed by atoms with Crippen molar-refractivity contribution in [1.82, 2.24) is 4.90 Å². The Hall–Kier alpha value is -1.26. The molecule has 1 aliphatic heterocycles. The Balaban J connectivity index is 2.05. The van der Waals surface area contributed by atoms with Crippen LogP contribution in [0.1, 0.15) is 25.8 Å². The molecule has 0 radical (unpaired) electrons. The number of hydrogen-bond acceptors (Lipinski definition) is 2. The topological polar surface area (TPSA) is 57.6 Å². The maximum absolute atomic E-state index is 12.6. The van der Waals surface area contributed by atoms with E-state index in [-0.39, 0.29) is 17.9 Å². The van der Waals surface area contributed by atoms with Gasteiger partial charge in [-0.2, -0.15) is 0 Å². The largest absolute Gasteiger partial charge is 0.481 e. The molecule has 6 heteroatoms. The average molecular weight is 344 g/mol. The number of carboxylic acid groups (broad SMARTS) is 1. The smallest absolute Gasteiger partial charge is 0.308 e. The summed E-state index contributed by atoms with van der Waals surface area (Å²) in [5.74, 6) is -1.59. The summed E-state index contributed by atoms with van der Waals surface area (Å²) in [7, 11) is 0. The summed E-state index contributed by atoms with van der Waals surface area (Å²) < 4.78 is 0. The second-order valence-electron chi connectivity index (χ2n) is 5.85. The van der Waals surface area contributed by atoms with Gasteiger partial charge in [-0.25, -0.2) is 0 Å². The number of carbonyl (C=O) groups is 2. The molecule has 0 bridgehead atoms. The second-order valence-corrected chi connectivity index (χ2v) is 6.69. The molecule has 1 amide bonds. The zero-order chi connectivity index (χ0) is 16.4. The van der Waals surface area contributed by atoms with Crippen molar-refractivity contribution in [3.8, 4) is 0 Å². The SMILES string of the molecule is CC(Cc1ccc(Cl)cc1Cl)C(=O)N1CCC(C(=O)O)C1C. The Labute approximate surface area is 140 Å². The molecule has 1 aliphatic rings. The van der Waals surface area contributed by atoms with Gasteiger partial charge in [0.15, 0.2) is 0 Å². The maximum atomic E-state index is 12.6. The fraction of sp³-hybridized carbons (Fsp3) is 0.500. The van der Waals surface area contributed by atoms with E-state index in [9.17, 15) is 9.59 Å². The molecule has 0 spiro atoms. The predicted molar refractivity (Wildman–Crippen MR) is 86.2 cm³/mol. The van der Waals surface area contributed by atoms with Crippen molar-refractivity contribution in [3.05, 3.63) is 33.8 Å². The molecule has 120 valence electrons. The number of benzene rings is 1. The van der Waals surface area contributed by atoms with Gasteiger partial charge in [0, 0.05) is 28.5 Å². The van der Waals surface area contributed by atoms with Gasteiger partial charge in [-0.05, 0) is 37.5 Å². The zero-order valence-corrected chi connectivity index (χ0v) is 14.1. The highest BCUT2D eigenvalue weighted by Crippen LogP contribution is 2.28. The highest BCUT2D eigenvalue weighted by Gasteiger charge is 2.39. The minimum atomic E-state index is -0.837. The number of carboxylic acids is 1. The van der Waals surface area contributed by atoms with Gasteiger partial charge in [0.25, 0.3) is 0 Å². The Morgan fingerprint density at radius 2 is 2.09 bits per heavy atom. The number of likely N-dealkylation sites (tertiary alicyclic amines) is 1. The third-order valence-corrected chi connectivity index (χ3v) is 4.90. The molecule has 2 rings (SSSR count). The molecule has 1 aromatic carbocycles. The lowest BCUT2D eigenvalue weighted by atomic mass is 9.98. The van der Waals surface area contributed by atoms with Crippen LogP contribution < -0.4 is 0 Å². The van der Waals surface area contributed by atoms with Gasteiger partial charge in [-0.15, -0.1) is 0 Å². The van der Waals surface area contributed by atoms with Gasteiger partial charge in [0.05, 0.1) is 5.92 Å². The lowest BCUT2D eigenvalue weighted by Gasteiger charge is -2.26. The van der Waals surface area contributed by atoms with Crippen LogP contribution in [0.2, 0.25) is 10.0 Å². The first-order valence-electron chi connectivity index (χ1n) is 7.28. The van der Waals surface area contributed by atoms with E-state index < -0.39 is 11.9 Å². The fourth-order valence-electron chi connectivity index (χ4n) is 2.97. The number of halogens is 2. The van der Waals surface area contributed by atoms with Crippen LogP contribution in [0.3, 0.4) is 0 Å². The Bertz CT molecular complexity index is 591. The zero-order valence-electron chi connectivity index (χ0n) is 12.6. The molecule has 1 aromatic rings. The van der Waals surface area contributed by atoms with Gasteiger partial charge < -0.3 is 10.0 Å². The second kappa shape index (κ2) is 6.88. The van der Waals surface area contributed by atoms with E-state index >= 15 is 0 Å². The Kier molecular flexibility index (Phi) is 5.35. The van der Waals surface area contributed by atoms with E-state index in [1.54, 1.807) is 24.0 Å². The summed E-state index contributed by atoms with van der Waals surface area (Å²) >= 11 is 12.0. The van der Waals surface area contributed by atoms with Gasteiger partial charge in [0.1, 0.15) is 0 Å². The number of rotatable bonds is 4. The molecule has 3 unspecified atom stereocenters. The van der Waals surface area contributed by atoms with Crippen LogP contribution in [0, 0.1) is 11.8 Å². The molecular weight excluding hydrogens is 325 g/mol. The van der Waals surface area contributed by atoms with Crippen molar-refractivity contribution in [1.29, 1.82) is 0 Å². The molecule has 0 saturated carbocycles. The van der Waals surface area contributed by atoms with Gasteiger partial charge >= 0.3 is 5.97 Å². The normalized spacial score (nSPS) is 22.6. The van der Waals surface area contributed by atoms with Crippen molar-refractivity contribution in [2.45, 2.75) is 32.7 Å². The lowest BCUT2D eigenvalue weighted by Crippen LogP contribution is -2.41. The van der Waals surface area contributed by atoms with Crippen molar-refractivity contribution in [2.75, 3.05) is 6.54 Å². The van der Waals surface area contributed by atoms with Gasteiger partial charge in [0.2, 0.25) is 5.91 Å². The Morgan fingerprint density at radius 1 is 1.41 bits per heavy atom. The summed E-state index contributed by atoms with van der Waals surface area (Å²) in [6.45, 7) is 4.13. The highest BCUT2D eigenvalue weighted by molar-refractivity contribution is 6.35. The average Bonchev–Trinajstić information content (AvgIpc) is 2.83. The van der Waals surface area contributed by atoms with Crippen molar-refractivity contribution in [3.63, 3.8) is 0 Å². The molecule has 1 N–H and O–H groups in total. The first kappa shape index (κ1) is 17.1. The monoisotopic (exact) mass is 343 g/mol. The van der Waals surface area contributed by atoms with Crippen molar-refractivity contribution >= 4 is 35.1 Å². The molecule has 0 aliphatic carbocycles. The number of carbonyl (C=O) groups excluding carboxylic acids is 1. The molecule has 4 nitrogen and oxygen atoms in total. The van der Waals surface area contributed by atoms with E-state index in [1.165, 1.54) is 0 Å². The summed E-state index contributed by atoms with van der Waals surface area (Å²) in [5.41, 5.74) is 0.869. The van der Waals surface area contributed by atoms with E-state index in [2.05, 4.69) is 0 Å². The molecular formula is C16H19Cl2NO3. The van der Waals surface area contributed by atoms with E-state index in [0.29, 0.717) is 29.4 Å². The minimum Gasteiger partial charge on any atom is -0.481 e.